The zero-order valence-electron chi connectivity index (χ0n) is 11.0. The van der Waals surface area contributed by atoms with Gasteiger partial charge in [0, 0.05) is 16.2 Å². The van der Waals surface area contributed by atoms with Crippen LogP contribution in [0, 0.1) is 0 Å². The molecule has 104 valence electrons. The Morgan fingerprint density at radius 2 is 2.11 bits per heavy atom. The van der Waals surface area contributed by atoms with Crippen LogP contribution in [0.15, 0.2) is 16.7 Å². The number of hydrazine groups is 1. The van der Waals surface area contributed by atoms with Crippen molar-refractivity contribution < 1.29 is 4.79 Å². The van der Waals surface area contributed by atoms with Crippen LogP contribution in [0.25, 0.3) is 0 Å². The van der Waals surface area contributed by atoms with Gasteiger partial charge < -0.3 is 10.7 Å². The Balaban J connectivity index is 2.17. The molecule has 0 unspecified atom stereocenters. The third-order valence-electron chi connectivity index (χ3n) is 3.61. The summed E-state index contributed by atoms with van der Waals surface area (Å²) >= 11 is 3.32. The van der Waals surface area contributed by atoms with Gasteiger partial charge in [-0.25, -0.2) is 10.8 Å². The molecule has 0 spiro atoms. The molecule has 0 bridgehead atoms. The number of nitrogens with one attached hydrogen (secondary N) is 2. The zero-order valence-corrected chi connectivity index (χ0v) is 12.6. The van der Waals surface area contributed by atoms with E-state index in [1.807, 2.05) is 0 Å². The molecule has 1 saturated carbocycles. The molecule has 1 aromatic rings. The van der Waals surface area contributed by atoms with Crippen molar-refractivity contribution in [2.24, 2.45) is 5.84 Å². The Bertz CT molecular complexity index is 472. The lowest BCUT2D eigenvalue weighted by atomic mass is 9.83. The molecule has 5 nitrogen and oxygen atoms in total. The quantitative estimate of drug-likeness (QED) is 0.589. The van der Waals surface area contributed by atoms with E-state index < -0.39 is 0 Å². The maximum atomic E-state index is 12.4. The van der Waals surface area contributed by atoms with Gasteiger partial charge in [0.2, 0.25) is 0 Å². The number of pyridine rings is 1. The highest BCUT2D eigenvalue weighted by molar-refractivity contribution is 9.10. The fourth-order valence-electron chi connectivity index (χ4n) is 2.53. The number of nitrogens with two attached hydrogens (primary N) is 1. The molecule has 0 aliphatic heterocycles. The van der Waals surface area contributed by atoms with Crippen molar-refractivity contribution >= 4 is 27.7 Å². The van der Waals surface area contributed by atoms with Gasteiger partial charge in [0.1, 0.15) is 0 Å². The van der Waals surface area contributed by atoms with Gasteiger partial charge >= 0.3 is 0 Å². The topological polar surface area (TPSA) is 80.0 Å². The van der Waals surface area contributed by atoms with E-state index in [4.69, 9.17) is 5.84 Å². The van der Waals surface area contributed by atoms with Crippen molar-refractivity contribution in [3.05, 3.63) is 22.3 Å². The maximum Gasteiger partial charge on any atom is 0.255 e. The average Bonchev–Trinajstić information content (AvgIpc) is 2.39. The number of nitrogen functional groups attached to an aromatic ring is 1. The van der Waals surface area contributed by atoms with Crippen molar-refractivity contribution in [1.29, 1.82) is 0 Å². The highest BCUT2D eigenvalue weighted by Gasteiger charge is 2.29. The van der Waals surface area contributed by atoms with E-state index in [1.165, 1.54) is 6.42 Å². The number of anilines is 1. The molecular weight excluding hydrogens is 308 g/mol. The second kappa shape index (κ2) is 5.88. The molecular formula is C13H19BrN4O. The minimum Gasteiger partial charge on any atom is -0.347 e. The van der Waals surface area contributed by atoms with Crippen LogP contribution >= 0.6 is 15.9 Å². The zero-order chi connectivity index (χ0) is 13.9. The molecule has 0 saturated heterocycles. The lowest BCUT2D eigenvalue weighted by molar-refractivity contribution is 0.0883. The van der Waals surface area contributed by atoms with Crippen molar-refractivity contribution in [3.63, 3.8) is 0 Å². The van der Waals surface area contributed by atoms with Gasteiger partial charge in [-0.15, -0.1) is 0 Å². The van der Waals surface area contributed by atoms with Crippen LogP contribution in [0.1, 0.15) is 49.4 Å². The van der Waals surface area contributed by atoms with Crippen LogP contribution in [-0.2, 0) is 0 Å². The summed E-state index contributed by atoms with van der Waals surface area (Å²) in [6.45, 7) is 2.10. The van der Waals surface area contributed by atoms with Crippen molar-refractivity contribution in [2.45, 2.75) is 44.6 Å². The minimum absolute atomic E-state index is 0.122. The predicted octanol–water partition coefficient (Wildman–Crippen LogP) is 2.58. The number of rotatable bonds is 3. The van der Waals surface area contributed by atoms with Crippen LogP contribution in [-0.4, -0.2) is 16.4 Å². The number of carbonyl (C=O) groups is 1. The largest absolute Gasteiger partial charge is 0.347 e. The summed E-state index contributed by atoms with van der Waals surface area (Å²) in [5, 5.41) is 3.12. The van der Waals surface area contributed by atoms with E-state index in [2.05, 4.69) is 38.6 Å². The first kappa shape index (κ1) is 14.3. The molecule has 1 aromatic heterocycles. The Kier molecular flexibility index (Phi) is 4.42. The number of hydrogen-bond acceptors (Lipinski definition) is 4. The Morgan fingerprint density at radius 1 is 1.42 bits per heavy atom. The van der Waals surface area contributed by atoms with Gasteiger partial charge in [0.05, 0.1) is 5.56 Å². The Labute approximate surface area is 121 Å². The number of amides is 1. The summed E-state index contributed by atoms with van der Waals surface area (Å²) < 4.78 is 0.755. The second-order valence-corrected chi connectivity index (χ2v) is 6.19. The number of aromatic nitrogens is 1. The molecule has 1 aliphatic carbocycles. The van der Waals surface area contributed by atoms with Crippen LogP contribution in [0.3, 0.4) is 0 Å². The van der Waals surface area contributed by atoms with Gasteiger partial charge in [-0.2, -0.15) is 0 Å². The molecule has 1 heterocycles. The summed E-state index contributed by atoms with van der Waals surface area (Å²) in [5.41, 5.74) is 2.80. The monoisotopic (exact) mass is 326 g/mol. The Hall–Kier alpha value is -1.14. The molecule has 19 heavy (non-hydrogen) atoms. The molecule has 2 rings (SSSR count). The summed E-state index contributed by atoms with van der Waals surface area (Å²) in [6.07, 6.45) is 7.22. The highest BCUT2D eigenvalue weighted by atomic mass is 79.9. The van der Waals surface area contributed by atoms with E-state index in [-0.39, 0.29) is 11.4 Å². The molecule has 0 radical (unpaired) electrons. The lowest BCUT2D eigenvalue weighted by Crippen LogP contribution is -2.47. The van der Waals surface area contributed by atoms with Crippen LogP contribution in [0.2, 0.25) is 0 Å². The summed E-state index contributed by atoms with van der Waals surface area (Å²) in [7, 11) is 0. The van der Waals surface area contributed by atoms with E-state index in [1.54, 1.807) is 12.3 Å². The van der Waals surface area contributed by atoms with E-state index >= 15 is 0 Å². The molecule has 1 aliphatic rings. The fourth-order valence-corrected chi connectivity index (χ4v) is 2.86. The third-order valence-corrected chi connectivity index (χ3v) is 4.04. The van der Waals surface area contributed by atoms with Crippen LogP contribution in [0.5, 0.6) is 0 Å². The first-order valence-corrected chi connectivity index (χ1v) is 7.28. The number of carbonyl (C=O) groups excluding carboxylic acids is 1. The first-order valence-electron chi connectivity index (χ1n) is 6.49. The fraction of sp³-hybridized carbons (Fsp3) is 0.538. The van der Waals surface area contributed by atoms with Gasteiger partial charge in [-0.05, 0) is 41.8 Å². The standard InChI is InChI=1S/C13H19BrN4O/c1-13(5-3-2-4-6-13)17-12(19)10-7-9(14)8-16-11(10)18-15/h7-8H,2-6,15H2,1H3,(H,16,18)(H,17,19). The number of halogens is 1. The number of hydrogen-bond donors (Lipinski definition) is 3. The van der Waals surface area contributed by atoms with Gasteiger partial charge in [-0.1, -0.05) is 19.3 Å². The molecule has 4 N–H and O–H groups in total. The summed E-state index contributed by atoms with van der Waals surface area (Å²) in [5.74, 6) is 5.65. The number of nitrogens with zero attached hydrogens (tertiary/aromatic N) is 1. The summed E-state index contributed by atoms with van der Waals surface area (Å²) in [4.78, 5) is 16.5. The minimum atomic E-state index is -0.133. The maximum absolute atomic E-state index is 12.4. The van der Waals surface area contributed by atoms with Gasteiger partial charge in [0.15, 0.2) is 5.82 Å². The lowest BCUT2D eigenvalue weighted by Gasteiger charge is -2.34. The second-order valence-electron chi connectivity index (χ2n) is 5.27. The molecule has 0 aromatic carbocycles. The Morgan fingerprint density at radius 3 is 2.74 bits per heavy atom. The molecule has 1 amide bonds. The van der Waals surface area contributed by atoms with Crippen molar-refractivity contribution in [1.82, 2.24) is 10.3 Å². The van der Waals surface area contributed by atoms with E-state index in [0.29, 0.717) is 11.4 Å². The normalized spacial score (nSPS) is 17.8. The first-order chi connectivity index (χ1) is 9.04. The predicted molar refractivity (Wildman–Crippen MR) is 78.7 cm³/mol. The van der Waals surface area contributed by atoms with Gasteiger partial charge in [0.25, 0.3) is 5.91 Å². The molecule has 6 heteroatoms. The van der Waals surface area contributed by atoms with Gasteiger partial charge in [-0.3, -0.25) is 4.79 Å². The van der Waals surface area contributed by atoms with Crippen molar-refractivity contribution in [3.8, 4) is 0 Å². The molecule has 1 fully saturated rings. The summed E-state index contributed by atoms with van der Waals surface area (Å²) in [6, 6.07) is 1.73. The highest BCUT2D eigenvalue weighted by Crippen LogP contribution is 2.28. The van der Waals surface area contributed by atoms with Crippen molar-refractivity contribution in [2.75, 3.05) is 5.43 Å². The van der Waals surface area contributed by atoms with E-state index in [9.17, 15) is 4.79 Å². The third kappa shape index (κ3) is 3.45. The average molecular weight is 327 g/mol. The SMILES string of the molecule is CC1(NC(=O)c2cc(Br)cnc2NN)CCCCC1. The van der Waals surface area contributed by atoms with E-state index in [0.717, 1.165) is 30.2 Å². The van der Waals surface area contributed by atoms with Crippen LogP contribution in [0.4, 0.5) is 5.82 Å². The smallest absolute Gasteiger partial charge is 0.255 e. The van der Waals surface area contributed by atoms with Crippen LogP contribution < -0.4 is 16.6 Å². The molecule has 0 atom stereocenters.